The van der Waals surface area contributed by atoms with Gasteiger partial charge in [-0.2, -0.15) is 0 Å². The van der Waals surface area contributed by atoms with E-state index in [2.05, 4.69) is 43.5 Å². The van der Waals surface area contributed by atoms with E-state index in [-0.39, 0.29) is 18.9 Å². The Labute approximate surface area is 600 Å². The van der Waals surface area contributed by atoms with Gasteiger partial charge >= 0.3 is 0 Å². The molecule has 0 aromatic carbocycles. The first kappa shape index (κ1) is 91.2. The molecule has 19 heteroatoms. The van der Waals surface area contributed by atoms with Gasteiger partial charge < -0.3 is 89.9 Å². The predicted octanol–water partition coefficient (Wildman–Crippen LogP) is 13.5. The number of hydrogen-bond acceptors (Lipinski definition) is 18. The van der Waals surface area contributed by atoms with Gasteiger partial charge in [0.1, 0.15) is 73.2 Å². The summed E-state index contributed by atoms with van der Waals surface area (Å²) in [6, 6.07) is -0.988. The fourth-order valence-electron chi connectivity index (χ4n) is 13.9. The Morgan fingerprint density at radius 1 is 0.354 bits per heavy atom. The number of rotatable bonds is 65. The van der Waals surface area contributed by atoms with Crippen LogP contribution in [0.4, 0.5) is 0 Å². The van der Waals surface area contributed by atoms with Crippen molar-refractivity contribution in [2.24, 2.45) is 0 Å². The monoisotopic (exact) mass is 1410 g/mol. The lowest BCUT2D eigenvalue weighted by Crippen LogP contribution is -2.66. The van der Waals surface area contributed by atoms with Gasteiger partial charge in [0.05, 0.1) is 38.6 Å². The minimum Gasteiger partial charge on any atom is -0.394 e. The van der Waals surface area contributed by atoms with Crippen molar-refractivity contribution in [3.63, 3.8) is 0 Å². The molecular formula is C80H149NO18. The van der Waals surface area contributed by atoms with Crippen LogP contribution in [-0.4, -0.2) is 193 Å². The molecule has 3 aliphatic heterocycles. The van der Waals surface area contributed by atoms with E-state index in [1.807, 2.05) is 6.08 Å². The topological polar surface area (TPSA) is 307 Å². The fourth-order valence-corrected chi connectivity index (χ4v) is 13.9. The van der Waals surface area contributed by atoms with Crippen LogP contribution in [0.2, 0.25) is 0 Å². The molecule has 17 unspecified atom stereocenters. The number of carbonyl (C=O) groups excluding carboxylic acids is 1. The van der Waals surface area contributed by atoms with Gasteiger partial charge in [-0.15, -0.1) is 0 Å². The van der Waals surface area contributed by atoms with Crippen LogP contribution < -0.4 is 5.32 Å². The Balaban J connectivity index is 1.29. The predicted molar refractivity (Wildman–Crippen MR) is 393 cm³/mol. The summed E-state index contributed by atoms with van der Waals surface area (Å²) in [4.78, 5) is 13.4. The zero-order chi connectivity index (χ0) is 71.8. The second-order valence-corrected chi connectivity index (χ2v) is 29.2. The first-order chi connectivity index (χ1) is 48.3. The van der Waals surface area contributed by atoms with Crippen LogP contribution in [0, 0.1) is 0 Å². The van der Waals surface area contributed by atoms with E-state index in [0.29, 0.717) is 12.8 Å². The van der Waals surface area contributed by atoms with Crippen molar-refractivity contribution >= 4 is 5.91 Å². The minimum atomic E-state index is -1.98. The Kier molecular flexibility index (Phi) is 56.4. The van der Waals surface area contributed by atoms with Gasteiger partial charge in [-0.1, -0.05) is 307 Å². The maximum atomic E-state index is 13.4. The molecule has 3 heterocycles. The minimum absolute atomic E-state index is 0.240. The number of aliphatic hydroxyl groups excluding tert-OH is 11. The number of aliphatic hydroxyl groups is 11. The molecule has 17 atom stereocenters. The van der Waals surface area contributed by atoms with Crippen molar-refractivity contribution in [1.82, 2.24) is 5.32 Å². The van der Waals surface area contributed by atoms with Crippen LogP contribution in [0.3, 0.4) is 0 Å². The highest BCUT2D eigenvalue weighted by Gasteiger charge is 2.54. The summed E-state index contributed by atoms with van der Waals surface area (Å²) >= 11 is 0. The van der Waals surface area contributed by atoms with Gasteiger partial charge in [-0.3, -0.25) is 4.79 Å². The number of nitrogens with one attached hydrogen (secondary N) is 1. The zero-order valence-corrected chi connectivity index (χ0v) is 62.2. The first-order valence-corrected chi connectivity index (χ1v) is 40.7. The van der Waals surface area contributed by atoms with Gasteiger partial charge in [-0.25, -0.2) is 0 Å². The lowest BCUT2D eigenvalue weighted by molar-refractivity contribution is -0.379. The normalized spacial score (nSPS) is 26.7. The third-order valence-electron chi connectivity index (χ3n) is 20.4. The van der Waals surface area contributed by atoms with Gasteiger partial charge in [0.2, 0.25) is 5.91 Å². The van der Waals surface area contributed by atoms with Gasteiger partial charge in [0.25, 0.3) is 0 Å². The maximum Gasteiger partial charge on any atom is 0.220 e. The summed E-state index contributed by atoms with van der Waals surface area (Å²) in [5, 5.41) is 121. The molecule has 3 rings (SSSR count). The van der Waals surface area contributed by atoms with Gasteiger partial charge in [-0.05, 0) is 57.8 Å². The fraction of sp³-hybridized carbons (Fsp3) is 0.912. The number of amides is 1. The van der Waals surface area contributed by atoms with E-state index >= 15 is 0 Å². The smallest absolute Gasteiger partial charge is 0.220 e. The summed E-state index contributed by atoms with van der Waals surface area (Å²) in [5.41, 5.74) is 0. The standard InChI is InChI=1S/C80H149NO18/c1-3-5-7-9-11-13-15-17-19-20-21-22-23-24-25-26-27-28-29-30-31-32-33-34-35-36-37-38-39-40-41-42-44-46-48-50-52-54-56-58-68(86)81-63(64(85)57-55-53-51-49-47-45-43-18-16-14-12-10-8-6-4-2)62-94-78-74(92)71(89)76(66(60-83)96-78)99-80-75(93)72(90)77(67(61-84)97-80)98-79-73(91)70(88)69(87)65(59-82)95-79/h20-21,47,49,55,57,63-67,69-80,82-85,87-93H,3-19,22-46,48,50-54,56,58-62H2,1-2H3,(H,81,86)/b21-20-,49-47+,57-55+. The number of ether oxygens (including phenoxy) is 6. The first-order valence-electron chi connectivity index (χ1n) is 40.7. The summed E-state index contributed by atoms with van der Waals surface area (Å²) in [6.45, 7) is 1.74. The van der Waals surface area contributed by atoms with E-state index in [1.165, 1.54) is 263 Å². The van der Waals surface area contributed by atoms with Crippen LogP contribution >= 0.6 is 0 Å². The lowest BCUT2D eigenvalue weighted by Gasteiger charge is -2.48. The molecule has 99 heavy (non-hydrogen) atoms. The van der Waals surface area contributed by atoms with Crippen molar-refractivity contribution in [2.75, 3.05) is 26.4 Å². The Morgan fingerprint density at radius 2 is 0.646 bits per heavy atom. The van der Waals surface area contributed by atoms with Crippen LogP contribution in [0.25, 0.3) is 0 Å². The molecule has 19 nitrogen and oxygen atoms in total. The molecule has 3 saturated heterocycles. The Bertz CT molecular complexity index is 1930. The molecule has 0 spiro atoms. The molecule has 0 bridgehead atoms. The van der Waals surface area contributed by atoms with Crippen LogP contribution in [0.5, 0.6) is 0 Å². The molecule has 0 aromatic heterocycles. The number of hydrogen-bond donors (Lipinski definition) is 12. The highest BCUT2D eigenvalue weighted by Crippen LogP contribution is 2.33. The van der Waals surface area contributed by atoms with Crippen molar-refractivity contribution < 1.29 is 89.4 Å². The molecule has 3 aliphatic rings. The molecule has 0 saturated carbocycles. The van der Waals surface area contributed by atoms with Crippen molar-refractivity contribution in [3.8, 4) is 0 Å². The van der Waals surface area contributed by atoms with Crippen molar-refractivity contribution in [3.05, 3.63) is 36.5 Å². The largest absolute Gasteiger partial charge is 0.394 e. The van der Waals surface area contributed by atoms with Crippen LogP contribution in [-0.2, 0) is 33.2 Å². The molecule has 0 aliphatic carbocycles. The van der Waals surface area contributed by atoms with Gasteiger partial charge in [0, 0.05) is 6.42 Å². The van der Waals surface area contributed by atoms with E-state index in [0.717, 1.165) is 38.5 Å². The van der Waals surface area contributed by atoms with E-state index in [9.17, 15) is 61.0 Å². The quantitative estimate of drug-likeness (QED) is 0.0199. The summed E-state index contributed by atoms with van der Waals surface area (Å²) < 4.78 is 34.4. The zero-order valence-electron chi connectivity index (χ0n) is 62.2. The average Bonchev–Trinajstić information content (AvgIpc) is 0.784. The third kappa shape index (κ3) is 41.5. The molecule has 1 amide bonds. The highest BCUT2D eigenvalue weighted by molar-refractivity contribution is 5.76. The molecule has 3 fully saturated rings. The molecule has 0 radical (unpaired) electrons. The lowest BCUT2D eigenvalue weighted by atomic mass is 9.96. The Morgan fingerprint density at radius 3 is 1.01 bits per heavy atom. The van der Waals surface area contributed by atoms with Crippen LogP contribution in [0.15, 0.2) is 36.5 Å². The molecule has 12 N–H and O–H groups in total. The molecular weight excluding hydrogens is 1260 g/mol. The highest BCUT2D eigenvalue weighted by atomic mass is 16.8. The third-order valence-corrected chi connectivity index (χ3v) is 20.4. The summed E-state index contributed by atoms with van der Waals surface area (Å²) in [5.74, 6) is -0.280. The van der Waals surface area contributed by atoms with E-state index in [1.54, 1.807) is 6.08 Å². The summed E-state index contributed by atoms with van der Waals surface area (Å²) in [6.07, 6.45) is 48.9. The maximum absolute atomic E-state index is 13.4. The molecule has 582 valence electrons. The van der Waals surface area contributed by atoms with Gasteiger partial charge in [0.15, 0.2) is 18.9 Å². The van der Waals surface area contributed by atoms with E-state index in [4.69, 9.17) is 28.4 Å². The summed E-state index contributed by atoms with van der Waals surface area (Å²) in [7, 11) is 0. The van der Waals surface area contributed by atoms with Crippen molar-refractivity contribution in [2.45, 2.75) is 439 Å². The number of unbranched alkanes of at least 4 members (excludes halogenated alkanes) is 45. The second-order valence-electron chi connectivity index (χ2n) is 29.2. The number of carbonyl (C=O) groups is 1. The second kappa shape index (κ2) is 61.2. The Hall–Kier alpha value is -1.99. The number of allylic oxidation sites excluding steroid dienone is 5. The van der Waals surface area contributed by atoms with E-state index < -0.39 is 124 Å². The SMILES string of the molecule is CCCCCCCCCC/C=C\CCCCCCCCCCCCCCCCCCCCCCCCCCCCCC(=O)NC(COC1OC(CO)C(OC2OC(CO)C(OC3OC(CO)C(O)C(O)C3O)C(O)C2O)C(O)C1O)C(O)/C=C/CC/C=C/CCCCCCCCCCC. The van der Waals surface area contributed by atoms with Crippen LogP contribution in [0.1, 0.15) is 335 Å². The van der Waals surface area contributed by atoms with Crippen molar-refractivity contribution in [1.29, 1.82) is 0 Å². The molecule has 0 aromatic rings. The average molecular weight is 1410 g/mol.